The van der Waals surface area contributed by atoms with Crippen LogP contribution in [0.5, 0.6) is 0 Å². The molecule has 0 saturated heterocycles. The van der Waals surface area contributed by atoms with Gasteiger partial charge in [-0.05, 0) is 37.1 Å². The Balaban J connectivity index is 1.58. The van der Waals surface area contributed by atoms with Crippen molar-refractivity contribution in [1.82, 2.24) is 9.88 Å². The number of aliphatic hydroxyl groups is 1. The highest BCUT2D eigenvalue weighted by Gasteiger charge is 2.26. The lowest BCUT2D eigenvalue weighted by atomic mass is 10.0. The van der Waals surface area contributed by atoms with Gasteiger partial charge in [0.2, 0.25) is 5.91 Å². The average molecular weight is 326 g/mol. The number of benzene rings is 1. The first-order chi connectivity index (χ1) is 11.5. The summed E-state index contributed by atoms with van der Waals surface area (Å²) in [6.07, 6.45) is 4.61. The highest BCUT2D eigenvalue weighted by Crippen LogP contribution is 2.22. The van der Waals surface area contributed by atoms with Crippen molar-refractivity contribution in [3.63, 3.8) is 0 Å². The number of carbonyl (C=O) groups excluding carboxylic acids is 1. The lowest BCUT2D eigenvalue weighted by Crippen LogP contribution is -2.38. The van der Waals surface area contributed by atoms with Gasteiger partial charge in [-0.3, -0.25) is 4.79 Å². The number of amides is 1. The SMILES string of the molecule is Cn1cc(CCC(=O)NCC(C)(O)c2ccco2)c2ccccc21. The van der Waals surface area contributed by atoms with E-state index in [9.17, 15) is 9.90 Å². The second-order valence-corrected chi connectivity index (χ2v) is 6.31. The van der Waals surface area contributed by atoms with Gasteiger partial charge < -0.3 is 19.4 Å². The monoisotopic (exact) mass is 326 g/mol. The number of hydrogen-bond donors (Lipinski definition) is 2. The number of nitrogens with one attached hydrogen (secondary N) is 1. The summed E-state index contributed by atoms with van der Waals surface area (Å²) in [6, 6.07) is 11.6. The van der Waals surface area contributed by atoms with E-state index in [1.807, 2.05) is 19.2 Å². The molecule has 0 spiro atoms. The molecule has 0 aliphatic heterocycles. The van der Waals surface area contributed by atoms with Gasteiger partial charge in [0.1, 0.15) is 11.4 Å². The van der Waals surface area contributed by atoms with Crippen LogP contribution in [0.4, 0.5) is 0 Å². The maximum Gasteiger partial charge on any atom is 0.220 e. The van der Waals surface area contributed by atoms with E-state index in [2.05, 4.69) is 28.2 Å². The van der Waals surface area contributed by atoms with Gasteiger partial charge >= 0.3 is 0 Å². The minimum absolute atomic E-state index is 0.0882. The molecular weight excluding hydrogens is 304 g/mol. The zero-order valence-electron chi connectivity index (χ0n) is 14.0. The number of carbonyl (C=O) groups is 1. The first-order valence-electron chi connectivity index (χ1n) is 8.03. The summed E-state index contributed by atoms with van der Waals surface area (Å²) in [4.78, 5) is 12.1. The number of rotatable bonds is 6. The number of aromatic nitrogens is 1. The maximum atomic E-state index is 12.1. The predicted molar refractivity (Wildman–Crippen MR) is 92.5 cm³/mol. The summed E-state index contributed by atoms with van der Waals surface area (Å²) in [5, 5.41) is 14.3. The molecule has 1 atom stereocenters. The van der Waals surface area contributed by atoms with E-state index < -0.39 is 5.60 Å². The minimum atomic E-state index is -1.21. The van der Waals surface area contributed by atoms with Crippen LogP contribution in [-0.2, 0) is 23.9 Å². The van der Waals surface area contributed by atoms with Crippen LogP contribution in [0.25, 0.3) is 10.9 Å². The fourth-order valence-corrected chi connectivity index (χ4v) is 2.90. The topological polar surface area (TPSA) is 67.4 Å². The number of nitrogens with zero attached hydrogens (tertiary/aromatic N) is 1. The minimum Gasteiger partial charge on any atom is -0.466 e. The van der Waals surface area contributed by atoms with Gasteiger partial charge in [-0.1, -0.05) is 18.2 Å². The quantitative estimate of drug-likeness (QED) is 0.732. The molecule has 0 radical (unpaired) electrons. The van der Waals surface area contributed by atoms with Crippen molar-refractivity contribution in [1.29, 1.82) is 0 Å². The Hall–Kier alpha value is -2.53. The lowest BCUT2D eigenvalue weighted by Gasteiger charge is -2.21. The maximum absolute atomic E-state index is 12.1. The van der Waals surface area contributed by atoms with Gasteiger partial charge in [-0.25, -0.2) is 0 Å². The Morgan fingerprint density at radius 2 is 2.08 bits per heavy atom. The third-order valence-electron chi connectivity index (χ3n) is 4.28. The van der Waals surface area contributed by atoms with Crippen LogP contribution in [0.2, 0.25) is 0 Å². The van der Waals surface area contributed by atoms with Crippen LogP contribution < -0.4 is 5.32 Å². The van der Waals surface area contributed by atoms with Gasteiger partial charge in [0, 0.05) is 30.6 Å². The van der Waals surface area contributed by atoms with Crippen LogP contribution in [0, 0.1) is 0 Å². The molecule has 24 heavy (non-hydrogen) atoms. The predicted octanol–water partition coefficient (Wildman–Crippen LogP) is 2.73. The fourth-order valence-electron chi connectivity index (χ4n) is 2.90. The van der Waals surface area contributed by atoms with E-state index >= 15 is 0 Å². The van der Waals surface area contributed by atoms with E-state index in [0.29, 0.717) is 18.6 Å². The summed E-state index contributed by atoms with van der Waals surface area (Å²) in [7, 11) is 2.01. The molecule has 3 rings (SSSR count). The second kappa shape index (κ2) is 6.53. The van der Waals surface area contributed by atoms with Crippen LogP contribution >= 0.6 is 0 Å². The second-order valence-electron chi connectivity index (χ2n) is 6.31. The van der Waals surface area contributed by atoms with Crippen molar-refractivity contribution < 1.29 is 14.3 Å². The molecule has 3 aromatic rings. The third-order valence-corrected chi connectivity index (χ3v) is 4.28. The molecule has 0 aliphatic rings. The Labute approximate surface area is 140 Å². The third kappa shape index (κ3) is 3.36. The highest BCUT2D eigenvalue weighted by molar-refractivity contribution is 5.84. The summed E-state index contributed by atoms with van der Waals surface area (Å²) < 4.78 is 7.28. The van der Waals surface area contributed by atoms with E-state index in [1.54, 1.807) is 19.1 Å². The molecule has 2 heterocycles. The summed E-state index contributed by atoms with van der Waals surface area (Å²) in [5.41, 5.74) is 1.10. The van der Waals surface area contributed by atoms with E-state index in [0.717, 1.165) is 11.1 Å². The molecule has 2 N–H and O–H groups in total. The summed E-state index contributed by atoms with van der Waals surface area (Å²) in [6.45, 7) is 1.74. The number of aryl methyl sites for hydroxylation is 2. The first kappa shape index (κ1) is 16.3. The van der Waals surface area contributed by atoms with E-state index in [-0.39, 0.29) is 12.5 Å². The van der Waals surface area contributed by atoms with Crippen molar-refractivity contribution in [3.8, 4) is 0 Å². The zero-order chi connectivity index (χ0) is 17.2. The Morgan fingerprint density at radius 3 is 2.83 bits per heavy atom. The Bertz CT molecular complexity index is 832. The van der Waals surface area contributed by atoms with Crippen LogP contribution in [0.3, 0.4) is 0 Å². The fraction of sp³-hybridized carbons (Fsp3) is 0.316. The van der Waals surface area contributed by atoms with Gasteiger partial charge in [-0.2, -0.15) is 0 Å². The van der Waals surface area contributed by atoms with Crippen molar-refractivity contribution in [2.24, 2.45) is 7.05 Å². The molecule has 5 heteroatoms. The molecule has 2 aromatic heterocycles. The van der Waals surface area contributed by atoms with Gasteiger partial charge in [0.05, 0.1) is 12.8 Å². The Kier molecular flexibility index (Phi) is 4.44. The average Bonchev–Trinajstić information content (AvgIpc) is 3.21. The van der Waals surface area contributed by atoms with Crippen molar-refractivity contribution >= 4 is 16.8 Å². The van der Waals surface area contributed by atoms with Gasteiger partial charge in [0.25, 0.3) is 0 Å². The van der Waals surface area contributed by atoms with Crippen molar-refractivity contribution in [2.75, 3.05) is 6.54 Å². The number of hydrogen-bond acceptors (Lipinski definition) is 3. The molecule has 0 fully saturated rings. The molecule has 0 aliphatic carbocycles. The van der Waals surface area contributed by atoms with Crippen LogP contribution in [0.15, 0.2) is 53.3 Å². The van der Waals surface area contributed by atoms with E-state index in [4.69, 9.17) is 4.42 Å². The number of fused-ring (bicyclic) bond motifs is 1. The molecule has 5 nitrogen and oxygen atoms in total. The van der Waals surface area contributed by atoms with Crippen molar-refractivity contribution in [2.45, 2.75) is 25.4 Å². The molecule has 1 aromatic carbocycles. The summed E-state index contributed by atoms with van der Waals surface area (Å²) >= 11 is 0. The van der Waals surface area contributed by atoms with Crippen molar-refractivity contribution in [3.05, 3.63) is 60.2 Å². The molecule has 1 unspecified atom stereocenters. The summed E-state index contributed by atoms with van der Waals surface area (Å²) in [5.74, 6) is 0.353. The Morgan fingerprint density at radius 1 is 1.29 bits per heavy atom. The first-order valence-corrected chi connectivity index (χ1v) is 8.03. The normalized spacial score (nSPS) is 13.8. The van der Waals surface area contributed by atoms with E-state index in [1.165, 1.54) is 11.6 Å². The van der Waals surface area contributed by atoms with Crippen LogP contribution in [0.1, 0.15) is 24.7 Å². The molecule has 126 valence electrons. The number of para-hydroxylation sites is 1. The van der Waals surface area contributed by atoms with Gasteiger partial charge in [0.15, 0.2) is 0 Å². The standard InChI is InChI=1S/C19H22N2O3/c1-19(23,17-8-5-11-24-17)13-20-18(22)10-9-14-12-21(2)16-7-4-3-6-15(14)16/h3-8,11-12,23H,9-10,13H2,1-2H3,(H,20,22). The molecule has 0 saturated carbocycles. The lowest BCUT2D eigenvalue weighted by molar-refractivity contribution is -0.122. The highest BCUT2D eigenvalue weighted by atomic mass is 16.4. The molecule has 1 amide bonds. The van der Waals surface area contributed by atoms with Crippen LogP contribution in [-0.4, -0.2) is 22.1 Å². The largest absolute Gasteiger partial charge is 0.466 e. The zero-order valence-corrected chi connectivity index (χ0v) is 14.0. The molecular formula is C19H22N2O3. The van der Waals surface area contributed by atoms with Gasteiger partial charge in [-0.15, -0.1) is 0 Å². The molecule has 0 bridgehead atoms. The smallest absolute Gasteiger partial charge is 0.220 e. The number of furan rings is 1.